The summed E-state index contributed by atoms with van der Waals surface area (Å²) >= 11 is 0. The fraction of sp³-hybridized carbons (Fsp3) is 0.867. The fourth-order valence-corrected chi connectivity index (χ4v) is 2.38. The Morgan fingerprint density at radius 1 is 1.15 bits per heavy atom. The third-order valence-corrected chi connectivity index (χ3v) is 3.53. The van der Waals surface area contributed by atoms with Crippen molar-refractivity contribution >= 4 is 11.9 Å². The van der Waals surface area contributed by atoms with E-state index in [1.165, 1.54) is 19.3 Å². The number of carboxylic acid groups (broad SMARTS) is 1. The van der Waals surface area contributed by atoms with Crippen molar-refractivity contribution in [2.24, 2.45) is 5.73 Å². The third kappa shape index (κ3) is 8.15. The van der Waals surface area contributed by atoms with E-state index < -0.39 is 17.9 Å². The van der Waals surface area contributed by atoms with Crippen LogP contribution in [-0.4, -0.2) is 40.5 Å². The van der Waals surface area contributed by atoms with Crippen LogP contribution in [0.2, 0.25) is 0 Å². The van der Waals surface area contributed by atoms with Gasteiger partial charge in [0.2, 0.25) is 5.91 Å². The summed E-state index contributed by atoms with van der Waals surface area (Å²) < 4.78 is 0. The van der Waals surface area contributed by atoms with Crippen molar-refractivity contribution < 1.29 is 14.7 Å². The number of carbonyl (C=O) groups is 2. The molecule has 1 atom stereocenters. The molecule has 0 spiro atoms. The molecule has 0 fully saturated rings. The summed E-state index contributed by atoms with van der Waals surface area (Å²) in [5.41, 5.74) is 5.12. The number of nitrogens with two attached hydrogens (primary N) is 1. The summed E-state index contributed by atoms with van der Waals surface area (Å²) in [6.45, 7) is 6.92. The van der Waals surface area contributed by atoms with Gasteiger partial charge >= 0.3 is 5.97 Å². The van der Waals surface area contributed by atoms with Crippen LogP contribution < -0.4 is 5.73 Å². The van der Waals surface area contributed by atoms with Crippen LogP contribution in [0.4, 0.5) is 0 Å². The molecule has 0 aromatic heterocycles. The van der Waals surface area contributed by atoms with Gasteiger partial charge in [0.1, 0.15) is 6.04 Å². The highest BCUT2D eigenvalue weighted by Crippen LogP contribution is 2.14. The first-order valence-electron chi connectivity index (χ1n) is 7.67. The maximum absolute atomic E-state index is 11.4. The topological polar surface area (TPSA) is 83.6 Å². The number of hydrogen-bond donors (Lipinski definition) is 2. The molecule has 1 amide bonds. The molecule has 0 aromatic rings. The SMILES string of the molecule is CCCCCCCN(C(C)C)[C@@H](CCC(N)=O)C(=O)O. The molecule has 5 heteroatoms. The van der Waals surface area contributed by atoms with Gasteiger partial charge in [-0.3, -0.25) is 14.5 Å². The van der Waals surface area contributed by atoms with Gasteiger partial charge < -0.3 is 10.8 Å². The number of aliphatic carboxylic acids is 1. The number of primary amides is 1. The average Bonchev–Trinajstić information content (AvgIpc) is 2.35. The van der Waals surface area contributed by atoms with Crippen LogP contribution in [0.1, 0.15) is 65.7 Å². The Hall–Kier alpha value is -1.10. The van der Waals surface area contributed by atoms with E-state index in [1.54, 1.807) is 0 Å². The number of carbonyl (C=O) groups excluding carboxylic acids is 1. The Kier molecular flexibility index (Phi) is 10.1. The molecular weight excluding hydrogens is 256 g/mol. The van der Waals surface area contributed by atoms with Crippen LogP contribution in [0.15, 0.2) is 0 Å². The molecule has 0 aromatic carbocycles. The molecule has 0 rings (SSSR count). The lowest BCUT2D eigenvalue weighted by Crippen LogP contribution is -2.46. The maximum Gasteiger partial charge on any atom is 0.320 e. The Morgan fingerprint density at radius 2 is 1.75 bits per heavy atom. The van der Waals surface area contributed by atoms with E-state index in [0.29, 0.717) is 0 Å². The van der Waals surface area contributed by atoms with Gasteiger partial charge in [0, 0.05) is 12.5 Å². The normalized spacial score (nSPS) is 12.8. The number of carboxylic acids is 1. The van der Waals surface area contributed by atoms with Gasteiger partial charge in [-0.25, -0.2) is 0 Å². The van der Waals surface area contributed by atoms with Gasteiger partial charge in [-0.2, -0.15) is 0 Å². The van der Waals surface area contributed by atoms with Crippen LogP contribution in [0.25, 0.3) is 0 Å². The molecule has 0 heterocycles. The van der Waals surface area contributed by atoms with Crippen molar-refractivity contribution in [1.29, 1.82) is 0 Å². The Bertz CT molecular complexity index is 293. The minimum Gasteiger partial charge on any atom is -0.480 e. The average molecular weight is 286 g/mol. The Balaban J connectivity index is 4.41. The molecule has 3 N–H and O–H groups in total. The van der Waals surface area contributed by atoms with E-state index >= 15 is 0 Å². The molecule has 0 bridgehead atoms. The lowest BCUT2D eigenvalue weighted by molar-refractivity contribution is -0.144. The number of rotatable bonds is 12. The third-order valence-electron chi connectivity index (χ3n) is 3.53. The summed E-state index contributed by atoms with van der Waals surface area (Å²) in [6.07, 6.45) is 6.16. The van der Waals surface area contributed by atoms with E-state index in [1.807, 2.05) is 18.7 Å². The second kappa shape index (κ2) is 10.7. The zero-order chi connectivity index (χ0) is 15.5. The minimum atomic E-state index is -0.867. The first-order valence-corrected chi connectivity index (χ1v) is 7.67. The molecular formula is C15H30N2O3. The van der Waals surface area contributed by atoms with Gasteiger partial charge in [-0.15, -0.1) is 0 Å². The monoisotopic (exact) mass is 286 g/mol. The van der Waals surface area contributed by atoms with Gasteiger partial charge in [0.05, 0.1) is 0 Å². The lowest BCUT2D eigenvalue weighted by Gasteiger charge is -2.32. The van der Waals surface area contributed by atoms with Gasteiger partial charge in [0.25, 0.3) is 0 Å². The van der Waals surface area contributed by atoms with Crippen molar-refractivity contribution in [3.8, 4) is 0 Å². The van der Waals surface area contributed by atoms with Gasteiger partial charge in [-0.05, 0) is 33.2 Å². The second-order valence-corrected chi connectivity index (χ2v) is 5.60. The van der Waals surface area contributed by atoms with Crippen LogP contribution in [0.3, 0.4) is 0 Å². The molecule has 0 saturated carbocycles. The van der Waals surface area contributed by atoms with E-state index in [4.69, 9.17) is 5.73 Å². The van der Waals surface area contributed by atoms with Crippen LogP contribution in [0, 0.1) is 0 Å². The number of hydrogen-bond acceptors (Lipinski definition) is 3. The maximum atomic E-state index is 11.4. The predicted molar refractivity (Wildman–Crippen MR) is 80.5 cm³/mol. The van der Waals surface area contributed by atoms with E-state index in [0.717, 1.165) is 19.4 Å². The highest BCUT2D eigenvalue weighted by Gasteiger charge is 2.27. The van der Waals surface area contributed by atoms with E-state index in [9.17, 15) is 14.7 Å². The first kappa shape index (κ1) is 18.9. The van der Waals surface area contributed by atoms with Gasteiger partial charge in [-0.1, -0.05) is 32.6 Å². The van der Waals surface area contributed by atoms with Crippen molar-refractivity contribution in [2.45, 2.75) is 77.8 Å². The summed E-state index contributed by atoms with van der Waals surface area (Å²) in [7, 11) is 0. The van der Waals surface area contributed by atoms with Crippen molar-refractivity contribution in [3.63, 3.8) is 0 Å². The van der Waals surface area contributed by atoms with Crippen molar-refractivity contribution in [1.82, 2.24) is 4.90 Å². The summed E-state index contributed by atoms with van der Waals surface area (Å²) in [5, 5.41) is 9.35. The molecule has 5 nitrogen and oxygen atoms in total. The molecule has 0 radical (unpaired) electrons. The van der Waals surface area contributed by atoms with Crippen LogP contribution in [-0.2, 0) is 9.59 Å². The standard InChI is InChI=1S/C15H30N2O3/c1-4-5-6-7-8-11-17(12(2)3)13(15(19)20)9-10-14(16)18/h12-13H,4-11H2,1-3H3,(H2,16,18)(H,19,20)/t13-/m0/s1. The largest absolute Gasteiger partial charge is 0.480 e. The zero-order valence-electron chi connectivity index (χ0n) is 13.1. The highest BCUT2D eigenvalue weighted by molar-refractivity contribution is 5.77. The minimum absolute atomic E-state index is 0.121. The van der Waals surface area contributed by atoms with Crippen LogP contribution in [0.5, 0.6) is 0 Å². The Labute approximate surface area is 122 Å². The van der Waals surface area contributed by atoms with Crippen LogP contribution >= 0.6 is 0 Å². The highest BCUT2D eigenvalue weighted by atomic mass is 16.4. The van der Waals surface area contributed by atoms with E-state index in [2.05, 4.69) is 6.92 Å². The molecule has 0 unspecified atom stereocenters. The first-order chi connectivity index (χ1) is 9.40. The molecule has 0 saturated heterocycles. The van der Waals surface area contributed by atoms with Crippen molar-refractivity contribution in [2.75, 3.05) is 6.54 Å². The molecule has 0 aliphatic heterocycles. The molecule has 20 heavy (non-hydrogen) atoms. The predicted octanol–water partition coefficient (Wildman–Crippen LogP) is 2.39. The summed E-state index contributed by atoms with van der Waals surface area (Å²) in [4.78, 5) is 24.2. The number of unbranched alkanes of at least 4 members (excludes halogenated alkanes) is 4. The Morgan fingerprint density at radius 3 is 2.20 bits per heavy atom. The summed E-state index contributed by atoms with van der Waals surface area (Å²) in [6, 6.07) is -0.469. The number of nitrogens with zero attached hydrogens (tertiary/aromatic N) is 1. The van der Waals surface area contributed by atoms with Gasteiger partial charge in [0.15, 0.2) is 0 Å². The second-order valence-electron chi connectivity index (χ2n) is 5.60. The number of amides is 1. The van der Waals surface area contributed by atoms with Crippen molar-refractivity contribution in [3.05, 3.63) is 0 Å². The quantitative estimate of drug-likeness (QED) is 0.540. The van der Waals surface area contributed by atoms with E-state index in [-0.39, 0.29) is 18.9 Å². The molecule has 0 aliphatic rings. The molecule has 0 aliphatic carbocycles. The lowest BCUT2D eigenvalue weighted by atomic mass is 10.1. The molecule has 118 valence electrons. The zero-order valence-corrected chi connectivity index (χ0v) is 13.1. The fourth-order valence-electron chi connectivity index (χ4n) is 2.38. The smallest absolute Gasteiger partial charge is 0.320 e. The summed E-state index contributed by atoms with van der Waals surface area (Å²) in [5.74, 6) is -1.31.